The van der Waals surface area contributed by atoms with E-state index in [0.717, 1.165) is 5.56 Å². The van der Waals surface area contributed by atoms with E-state index in [4.69, 9.17) is 15.2 Å². The molecular weight excluding hydrogens is 256 g/mol. The van der Waals surface area contributed by atoms with Gasteiger partial charge >= 0.3 is 0 Å². The number of carbonyl (C=O) groups excluding carboxylic acids is 1. The van der Waals surface area contributed by atoms with Gasteiger partial charge in [0.15, 0.2) is 11.5 Å². The second-order valence-corrected chi connectivity index (χ2v) is 5.00. The number of amides is 1. The van der Waals surface area contributed by atoms with Gasteiger partial charge in [-0.15, -0.1) is 0 Å². The van der Waals surface area contributed by atoms with Crippen LogP contribution in [0.2, 0.25) is 0 Å². The summed E-state index contributed by atoms with van der Waals surface area (Å²) in [7, 11) is 3.41. The maximum atomic E-state index is 11.9. The van der Waals surface area contributed by atoms with Gasteiger partial charge in [-0.25, -0.2) is 0 Å². The van der Waals surface area contributed by atoms with Crippen molar-refractivity contribution in [1.29, 1.82) is 0 Å². The first-order valence-electron chi connectivity index (χ1n) is 6.90. The third-order valence-corrected chi connectivity index (χ3v) is 3.74. The van der Waals surface area contributed by atoms with Crippen LogP contribution in [0.15, 0.2) is 18.2 Å². The van der Waals surface area contributed by atoms with Crippen molar-refractivity contribution in [1.82, 2.24) is 4.90 Å². The van der Waals surface area contributed by atoms with Gasteiger partial charge in [0.2, 0.25) is 5.91 Å². The molecule has 2 atom stereocenters. The molecule has 1 aromatic rings. The second-order valence-electron chi connectivity index (χ2n) is 5.00. The number of likely N-dealkylation sites (tertiary alicyclic amines) is 1. The SMILES string of the molecule is CCOc1ccc(C2C(N)CCC(=O)N2C)cc1OC. The Morgan fingerprint density at radius 1 is 1.40 bits per heavy atom. The van der Waals surface area contributed by atoms with Crippen molar-refractivity contribution in [2.24, 2.45) is 5.73 Å². The smallest absolute Gasteiger partial charge is 0.222 e. The van der Waals surface area contributed by atoms with Crippen molar-refractivity contribution in [2.45, 2.75) is 31.8 Å². The number of benzene rings is 1. The Bertz CT molecular complexity index is 490. The first kappa shape index (κ1) is 14.7. The van der Waals surface area contributed by atoms with Crippen molar-refractivity contribution in [3.8, 4) is 11.5 Å². The zero-order valence-electron chi connectivity index (χ0n) is 12.3. The first-order valence-corrected chi connectivity index (χ1v) is 6.90. The number of ether oxygens (including phenoxy) is 2. The van der Waals surface area contributed by atoms with Crippen LogP contribution in [-0.4, -0.2) is 37.6 Å². The van der Waals surface area contributed by atoms with Crippen molar-refractivity contribution >= 4 is 5.91 Å². The summed E-state index contributed by atoms with van der Waals surface area (Å²) in [4.78, 5) is 13.6. The molecule has 20 heavy (non-hydrogen) atoms. The molecule has 1 amide bonds. The lowest BCUT2D eigenvalue weighted by atomic mass is 9.91. The van der Waals surface area contributed by atoms with E-state index in [-0.39, 0.29) is 18.0 Å². The number of nitrogens with zero attached hydrogens (tertiary/aromatic N) is 1. The largest absolute Gasteiger partial charge is 0.493 e. The molecule has 2 N–H and O–H groups in total. The van der Waals surface area contributed by atoms with Crippen molar-refractivity contribution in [2.75, 3.05) is 20.8 Å². The highest BCUT2D eigenvalue weighted by atomic mass is 16.5. The van der Waals surface area contributed by atoms with E-state index in [2.05, 4.69) is 0 Å². The summed E-state index contributed by atoms with van der Waals surface area (Å²) in [5, 5.41) is 0. The van der Waals surface area contributed by atoms with Crippen LogP contribution in [0, 0.1) is 0 Å². The van der Waals surface area contributed by atoms with Gasteiger partial charge in [0.05, 0.1) is 19.8 Å². The van der Waals surface area contributed by atoms with Gasteiger partial charge in [-0.2, -0.15) is 0 Å². The Morgan fingerprint density at radius 2 is 2.15 bits per heavy atom. The molecule has 0 aliphatic carbocycles. The van der Waals surface area contributed by atoms with Crippen LogP contribution < -0.4 is 15.2 Å². The number of rotatable bonds is 4. The summed E-state index contributed by atoms with van der Waals surface area (Å²) in [6.07, 6.45) is 1.23. The van der Waals surface area contributed by atoms with Crippen LogP contribution in [0.25, 0.3) is 0 Å². The van der Waals surface area contributed by atoms with Crippen LogP contribution in [0.3, 0.4) is 0 Å². The fourth-order valence-corrected chi connectivity index (χ4v) is 2.68. The molecule has 5 heteroatoms. The minimum Gasteiger partial charge on any atom is -0.493 e. The number of hydrogen-bond acceptors (Lipinski definition) is 4. The molecule has 1 aromatic carbocycles. The Kier molecular flexibility index (Phi) is 4.49. The highest BCUT2D eigenvalue weighted by Crippen LogP contribution is 2.35. The molecule has 0 aromatic heterocycles. The Hall–Kier alpha value is -1.75. The molecule has 0 radical (unpaired) electrons. The average Bonchev–Trinajstić information content (AvgIpc) is 2.45. The van der Waals surface area contributed by atoms with Crippen molar-refractivity contribution in [3.63, 3.8) is 0 Å². The molecular formula is C15H22N2O3. The number of hydrogen-bond donors (Lipinski definition) is 1. The van der Waals surface area contributed by atoms with Crippen LogP contribution in [-0.2, 0) is 4.79 Å². The summed E-state index contributed by atoms with van der Waals surface area (Å²) >= 11 is 0. The predicted molar refractivity (Wildman–Crippen MR) is 76.9 cm³/mol. The Morgan fingerprint density at radius 3 is 2.80 bits per heavy atom. The first-order chi connectivity index (χ1) is 9.58. The number of carbonyl (C=O) groups is 1. The van der Waals surface area contributed by atoms with Gasteiger partial charge in [0, 0.05) is 19.5 Å². The van der Waals surface area contributed by atoms with E-state index in [1.54, 1.807) is 19.1 Å². The molecule has 1 aliphatic rings. The fraction of sp³-hybridized carbons (Fsp3) is 0.533. The van der Waals surface area contributed by atoms with Gasteiger partial charge in [-0.3, -0.25) is 4.79 Å². The molecule has 1 aliphatic heterocycles. The van der Waals surface area contributed by atoms with Crippen molar-refractivity contribution in [3.05, 3.63) is 23.8 Å². The molecule has 110 valence electrons. The zero-order valence-corrected chi connectivity index (χ0v) is 12.3. The number of nitrogens with two attached hydrogens (primary N) is 1. The summed E-state index contributed by atoms with van der Waals surface area (Å²) < 4.78 is 10.9. The molecule has 1 fully saturated rings. The molecule has 1 heterocycles. The summed E-state index contributed by atoms with van der Waals surface area (Å²) in [5.74, 6) is 1.50. The maximum Gasteiger partial charge on any atom is 0.222 e. The Labute approximate surface area is 119 Å². The lowest BCUT2D eigenvalue weighted by molar-refractivity contribution is -0.135. The molecule has 0 spiro atoms. The van der Waals surface area contributed by atoms with E-state index < -0.39 is 0 Å². The third kappa shape index (κ3) is 2.72. The van der Waals surface area contributed by atoms with Crippen molar-refractivity contribution < 1.29 is 14.3 Å². The zero-order chi connectivity index (χ0) is 14.7. The molecule has 0 saturated carbocycles. The van der Waals surface area contributed by atoms with Crippen LogP contribution in [0.4, 0.5) is 0 Å². The lowest BCUT2D eigenvalue weighted by Crippen LogP contribution is -2.46. The van der Waals surface area contributed by atoms with Gasteiger partial charge in [0.1, 0.15) is 0 Å². The van der Waals surface area contributed by atoms with Gasteiger partial charge in [0.25, 0.3) is 0 Å². The number of methoxy groups -OCH3 is 1. The van der Waals surface area contributed by atoms with Crippen LogP contribution >= 0.6 is 0 Å². The molecule has 5 nitrogen and oxygen atoms in total. The number of likely N-dealkylation sites (N-methyl/N-ethyl adjacent to an activating group) is 1. The standard InChI is InChI=1S/C15H22N2O3/c1-4-20-12-7-5-10(9-13(12)19-3)15-11(16)6-8-14(18)17(15)2/h5,7,9,11,15H,4,6,8,16H2,1-3H3. The topological polar surface area (TPSA) is 64.8 Å². The number of piperidine rings is 1. The fourth-order valence-electron chi connectivity index (χ4n) is 2.68. The molecule has 2 rings (SSSR count). The summed E-state index contributed by atoms with van der Waals surface area (Å²) in [6, 6.07) is 5.57. The van der Waals surface area contributed by atoms with Gasteiger partial charge < -0.3 is 20.1 Å². The second kappa shape index (κ2) is 6.13. The lowest BCUT2D eigenvalue weighted by Gasteiger charge is -2.37. The minimum absolute atomic E-state index is 0.0552. The van der Waals surface area contributed by atoms with Crippen LogP contribution in [0.1, 0.15) is 31.4 Å². The molecule has 2 unspecified atom stereocenters. The quantitative estimate of drug-likeness (QED) is 0.910. The van der Waals surface area contributed by atoms with E-state index in [9.17, 15) is 4.79 Å². The average molecular weight is 278 g/mol. The van der Waals surface area contributed by atoms with Gasteiger partial charge in [-0.1, -0.05) is 6.07 Å². The minimum atomic E-state index is -0.110. The highest BCUT2D eigenvalue weighted by molar-refractivity contribution is 5.77. The van der Waals surface area contributed by atoms with Gasteiger partial charge in [-0.05, 0) is 31.0 Å². The molecule has 0 bridgehead atoms. The summed E-state index contributed by atoms with van der Waals surface area (Å²) in [5.41, 5.74) is 7.17. The van der Waals surface area contributed by atoms with E-state index in [0.29, 0.717) is 30.9 Å². The maximum absolute atomic E-state index is 11.9. The highest BCUT2D eigenvalue weighted by Gasteiger charge is 2.32. The van der Waals surface area contributed by atoms with E-state index in [1.165, 1.54) is 0 Å². The van der Waals surface area contributed by atoms with E-state index >= 15 is 0 Å². The third-order valence-electron chi connectivity index (χ3n) is 3.74. The molecule has 1 saturated heterocycles. The Balaban J connectivity index is 2.33. The monoisotopic (exact) mass is 278 g/mol. The summed E-state index contributed by atoms with van der Waals surface area (Å²) in [6.45, 7) is 2.51. The normalized spacial score (nSPS) is 22.8. The van der Waals surface area contributed by atoms with Crippen LogP contribution in [0.5, 0.6) is 11.5 Å². The predicted octanol–water partition coefficient (Wildman–Crippen LogP) is 1.71. The van der Waals surface area contributed by atoms with E-state index in [1.807, 2.05) is 25.1 Å².